The van der Waals surface area contributed by atoms with Crippen LogP contribution in [-0.4, -0.2) is 16.6 Å². The molecule has 150 valence electrons. The number of pyridine rings is 1. The lowest BCUT2D eigenvalue weighted by molar-refractivity contribution is -0.647. The number of anilines is 1. The van der Waals surface area contributed by atoms with Crippen LogP contribution < -0.4 is 9.47 Å². The molecule has 4 rings (SSSR count). The molecule has 0 radical (unpaired) electrons. The number of rotatable bonds is 2. The van der Waals surface area contributed by atoms with Crippen molar-refractivity contribution < 1.29 is 4.57 Å². The molecule has 3 nitrogen and oxygen atoms in total. The molecule has 1 aliphatic heterocycles. The van der Waals surface area contributed by atoms with E-state index >= 15 is 0 Å². The van der Waals surface area contributed by atoms with Gasteiger partial charge in [0.1, 0.15) is 11.9 Å². The van der Waals surface area contributed by atoms with E-state index in [4.69, 9.17) is 0 Å². The third-order valence-electron chi connectivity index (χ3n) is 6.03. The lowest BCUT2D eigenvalue weighted by Gasteiger charge is -2.36. The van der Waals surface area contributed by atoms with Crippen molar-refractivity contribution in [1.29, 1.82) is 0 Å². The molecule has 0 unspecified atom stereocenters. The van der Waals surface area contributed by atoms with Crippen LogP contribution in [0.25, 0.3) is 22.0 Å². The Morgan fingerprint density at radius 1 is 0.897 bits per heavy atom. The minimum atomic E-state index is 0.0881. The summed E-state index contributed by atoms with van der Waals surface area (Å²) in [5.74, 6) is 1.21. The maximum Gasteiger partial charge on any atom is 0.283 e. The second-order valence-electron chi connectivity index (χ2n) is 9.26. The molecule has 1 aromatic heterocycles. The molecule has 2 heterocycles. The molecule has 0 saturated heterocycles. The van der Waals surface area contributed by atoms with E-state index in [0.29, 0.717) is 0 Å². The van der Waals surface area contributed by atoms with E-state index in [0.717, 1.165) is 0 Å². The SMILES string of the molecule is Cc1cc(-c2cc3ccccc3cc2C)[n+](C)c(N2C=CN(C(C)(C)C)[C@H]2C)c1. The van der Waals surface area contributed by atoms with E-state index in [1.54, 1.807) is 0 Å². The van der Waals surface area contributed by atoms with E-state index in [1.165, 1.54) is 39.0 Å². The highest BCUT2D eigenvalue weighted by atomic mass is 15.4. The Morgan fingerprint density at radius 2 is 1.55 bits per heavy atom. The van der Waals surface area contributed by atoms with E-state index in [-0.39, 0.29) is 11.7 Å². The molecule has 0 amide bonds. The zero-order valence-corrected chi connectivity index (χ0v) is 18.7. The predicted molar refractivity (Wildman–Crippen MR) is 123 cm³/mol. The highest BCUT2D eigenvalue weighted by Crippen LogP contribution is 2.32. The highest BCUT2D eigenvalue weighted by Gasteiger charge is 2.37. The van der Waals surface area contributed by atoms with Crippen LogP contribution in [0, 0.1) is 13.8 Å². The largest absolute Gasteiger partial charge is 0.331 e. The Hall–Kier alpha value is -2.81. The molecule has 29 heavy (non-hydrogen) atoms. The van der Waals surface area contributed by atoms with Gasteiger partial charge in [0.2, 0.25) is 0 Å². The van der Waals surface area contributed by atoms with E-state index in [2.05, 4.69) is 124 Å². The number of nitrogens with zero attached hydrogens (tertiary/aromatic N) is 3. The maximum atomic E-state index is 2.41. The summed E-state index contributed by atoms with van der Waals surface area (Å²) in [4.78, 5) is 4.79. The molecule has 1 aliphatic rings. The average Bonchev–Trinajstić information content (AvgIpc) is 3.04. The number of aromatic nitrogens is 1. The smallest absolute Gasteiger partial charge is 0.283 e. The third kappa shape index (κ3) is 3.39. The van der Waals surface area contributed by atoms with Gasteiger partial charge in [-0.25, -0.2) is 9.47 Å². The zero-order valence-electron chi connectivity index (χ0n) is 18.7. The van der Waals surface area contributed by atoms with Crippen molar-refractivity contribution in [1.82, 2.24) is 4.90 Å². The molecule has 1 atom stereocenters. The van der Waals surface area contributed by atoms with Crippen LogP contribution in [0.5, 0.6) is 0 Å². The summed E-state index contributed by atoms with van der Waals surface area (Å²) in [6.07, 6.45) is 4.70. The molecule has 0 saturated carbocycles. The summed E-state index contributed by atoms with van der Waals surface area (Å²) >= 11 is 0. The van der Waals surface area contributed by atoms with Crippen molar-refractivity contribution in [2.75, 3.05) is 4.90 Å². The summed E-state index contributed by atoms with van der Waals surface area (Å²) in [5, 5.41) is 2.57. The lowest BCUT2D eigenvalue weighted by Crippen LogP contribution is -2.49. The van der Waals surface area contributed by atoms with Crippen molar-refractivity contribution in [3.05, 3.63) is 72.1 Å². The number of benzene rings is 2. The van der Waals surface area contributed by atoms with Crippen molar-refractivity contribution in [2.45, 2.75) is 53.2 Å². The summed E-state index contributed by atoms with van der Waals surface area (Å²) in [6.45, 7) is 13.5. The molecule has 3 aromatic rings. The van der Waals surface area contributed by atoms with Crippen LogP contribution in [-0.2, 0) is 7.05 Å². The zero-order chi connectivity index (χ0) is 20.9. The van der Waals surface area contributed by atoms with Gasteiger partial charge in [-0.1, -0.05) is 30.3 Å². The Morgan fingerprint density at radius 3 is 2.17 bits per heavy atom. The number of hydrogen-bond donors (Lipinski definition) is 0. The summed E-state index contributed by atoms with van der Waals surface area (Å²) in [7, 11) is 2.18. The van der Waals surface area contributed by atoms with Crippen LogP contribution in [0.15, 0.2) is 60.9 Å². The topological polar surface area (TPSA) is 10.4 Å². The number of aryl methyl sites for hydroxylation is 2. The first-order valence-electron chi connectivity index (χ1n) is 10.4. The van der Waals surface area contributed by atoms with Gasteiger partial charge < -0.3 is 4.90 Å². The lowest BCUT2D eigenvalue weighted by atomic mass is 9.98. The Balaban J connectivity index is 1.84. The van der Waals surface area contributed by atoms with Crippen molar-refractivity contribution in [3.8, 4) is 11.3 Å². The monoisotopic (exact) mass is 386 g/mol. The second-order valence-corrected chi connectivity index (χ2v) is 9.26. The standard InChI is InChI=1S/C26H32N3/c1-18-14-24(23-17-22-11-9-8-10-21(22)16-19(23)2)27(7)25(15-18)28-12-13-29(20(28)3)26(4,5)6/h8-17,20H,1-7H3/q+1/t20-/m0/s1. The van der Waals surface area contributed by atoms with Crippen molar-refractivity contribution in [2.24, 2.45) is 7.05 Å². The molecule has 0 bridgehead atoms. The Labute approximate surface area is 174 Å². The first kappa shape index (κ1) is 19.5. The van der Waals surface area contributed by atoms with Crippen LogP contribution in [0.1, 0.15) is 38.8 Å². The Kier molecular flexibility index (Phi) is 4.65. The maximum absolute atomic E-state index is 2.41. The number of hydrogen-bond acceptors (Lipinski definition) is 2. The summed E-state index contributed by atoms with van der Waals surface area (Å²) in [5.41, 5.74) is 5.20. The van der Waals surface area contributed by atoms with Gasteiger partial charge in [0, 0.05) is 23.4 Å². The fourth-order valence-corrected chi connectivity index (χ4v) is 4.49. The highest BCUT2D eigenvalue weighted by molar-refractivity contribution is 5.88. The second kappa shape index (κ2) is 6.91. The molecule has 3 heteroatoms. The van der Waals surface area contributed by atoms with Gasteiger partial charge in [-0.15, -0.1) is 0 Å². The van der Waals surface area contributed by atoms with Gasteiger partial charge in [-0.2, -0.15) is 0 Å². The van der Waals surface area contributed by atoms with E-state index < -0.39 is 0 Å². The van der Waals surface area contributed by atoms with Gasteiger partial charge in [-0.05, 0) is 75.6 Å². The van der Waals surface area contributed by atoms with Gasteiger partial charge in [0.05, 0.1) is 7.05 Å². The average molecular weight is 387 g/mol. The van der Waals surface area contributed by atoms with Gasteiger partial charge in [0.25, 0.3) is 5.82 Å². The van der Waals surface area contributed by atoms with Gasteiger partial charge >= 0.3 is 0 Å². The fourth-order valence-electron chi connectivity index (χ4n) is 4.49. The van der Waals surface area contributed by atoms with Gasteiger partial charge in [0.15, 0.2) is 6.17 Å². The van der Waals surface area contributed by atoms with Crippen LogP contribution in [0.2, 0.25) is 0 Å². The molecule has 0 spiro atoms. The first-order valence-corrected chi connectivity index (χ1v) is 10.4. The quantitative estimate of drug-likeness (QED) is 0.524. The molecular formula is C26H32N3+. The van der Waals surface area contributed by atoms with Gasteiger partial charge in [-0.3, -0.25) is 0 Å². The van der Waals surface area contributed by atoms with Crippen molar-refractivity contribution >= 4 is 16.6 Å². The van der Waals surface area contributed by atoms with Crippen molar-refractivity contribution in [3.63, 3.8) is 0 Å². The first-order chi connectivity index (χ1) is 13.7. The molecule has 0 fully saturated rings. The molecule has 0 N–H and O–H groups in total. The molecule has 0 aliphatic carbocycles. The van der Waals surface area contributed by atoms with E-state index in [1.807, 2.05) is 0 Å². The van der Waals surface area contributed by atoms with Crippen LogP contribution >= 0.6 is 0 Å². The minimum Gasteiger partial charge on any atom is -0.331 e. The Bertz CT molecular complexity index is 1100. The minimum absolute atomic E-state index is 0.0881. The summed E-state index contributed by atoms with van der Waals surface area (Å²) in [6, 6.07) is 17.8. The molecular weight excluding hydrogens is 354 g/mol. The molecule has 2 aromatic carbocycles. The van der Waals surface area contributed by atoms with E-state index in [9.17, 15) is 0 Å². The van der Waals surface area contributed by atoms with Crippen LogP contribution in [0.4, 0.5) is 5.82 Å². The predicted octanol–water partition coefficient (Wildman–Crippen LogP) is 5.69. The number of fused-ring (bicyclic) bond motifs is 1. The normalized spacial score (nSPS) is 16.9. The third-order valence-corrected chi connectivity index (χ3v) is 6.03. The fraction of sp³-hybridized carbons (Fsp3) is 0.346. The van der Waals surface area contributed by atoms with Crippen LogP contribution in [0.3, 0.4) is 0 Å². The summed E-state index contributed by atoms with van der Waals surface area (Å²) < 4.78 is 2.33.